The molecule has 0 spiro atoms. The van der Waals surface area contributed by atoms with Crippen LogP contribution in [-0.2, 0) is 24.3 Å². The van der Waals surface area contributed by atoms with Crippen LogP contribution in [0.1, 0.15) is 72.3 Å². The number of carbonyl (C=O) groups is 1. The maximum Gasteiger partial charge on any atom is 0.490 e. The van der Waals surface area contributed by atoms with Crippen molar-refractivity contribution in [3.8, 4) is 0 Å². The van der Waals surface area contributed by atoms with Crippen molar-refractivity contribution in [2.75, 3.05) is 6.54 Å². The van der Waals surface area contributed by atoms with Crippen molar-refractivity contribution in [1.29, 1.82) is 0 Å². The van der Waals surface area contributed by atoms with Gasteiger partial charge in [-0.3, -0.25) is 20.0 Å². The van der Waals surface area contributed by atoms with Gasteiger partial charge < -0.3 is 5.11 Å². The number of hydrogen-bond donors (Lipinski definition) is 2. The molecule has 2 N–H and O–H groups in total. The van der Waals surface area contributed by atoms with Crippen LogP contribution >= 0.6 is 0 Å². The Morgan fingerprint density at radius 1 is 1.13 bits per heavy atom. The number of aromatic amines is 1. The number of aliphatic carboxylic acids is 1. The van der Waals surface area contributed by atoms with Crippen LogP contribution in [0.2, 0.25) is 0 Å². The second-order valence-corrected chi connectivity index (χ2v) is 7.77. The van der Waals surface area contributed by atoms with E-state index in [2.05, 4.69) is 40.9 Å². The zero-order valence-corrected chi connectivity index (χ0v) is 18.6. The van der Waals surface area contributed by atoms with Gasteiger partial charge in [0, 0.05) is 43.2 Å². The van der Waals surface area contributed by atoms with Crippen molar-refractivity contribution in [2.45, 2.75) is 79.1 Å². The third-order valence-corrected chi connectivity index (χ3v) is 5.61. The first kappa shape index (κ1) is 24.8. The molecule has 0 radical (unpaired) electrons. The molecule has 172 valence electrons. The molecule has 0 atom stereocenters. The lowest BCUT2D eigenvalue weighted by atomic mass is 9.93. The van der Waals surface area contributed by atoms with Gasteiger partial charge >= 0.3 is 12.1 Å². The van der Waals surface area contributed by atoms with Crippen LogP contribution < -0.4 is 0 Å². The maximum absolute atomic E-state index is 10.6. The van der Waals surface area contributed by atoms with Gasteiger partial charge in [0.25, 0.3) is 0 Å². The molecule has 2 aromatic heterocycles. The minimum atomic E-state index is -5.08. The van der Waals surface area contributed by atoms with Gasteiger partial charge in [0.2, 0.25) is 0 Å². The molecule has 31 heavy (non-hydrogen) atoms. The molecule has 0 aliphatic carbocycles. The summed E-state index contributed by atoms with van der Waals surface area (Å²) in [6.45, 7) is 13.5. The fraction of sp³-hybridized carbons (Fsp3) is 0.619. The van der Waals surface area contributed by atoms with Crippen molar-refractivity contribution in [3.63, 3.8) is 0 Å². The quantitative estimate of drug-likeness (QED) is 0.721. The number of rotatable bonds is 5. The first-order valence-electron chi connectivity index (χ1n) is 10.4. The van der Waals surface area contributed by atoms with Gasteiger partial charge in [0.15, 0.2) is 0 Å². The van der Waals surface area contributed by atoms with E-state index in [4.69, 9.17) is 14.9 Å². The van der Waals surface area contributed by atoms with Gasteiger partial charge in [-0.2, -0.15) is 18.3 Å². The molecule has 0 aromatic carbocycles. The minimum Gasteiger partial charge on any atom is -0.475 e. The van der Waals surface area contributed by atoms with Crippen LogP contribution in [0.25, 0.3) is 0 Å². The Balaban J connectivity index is 0.000000423. The Morgan fingerprint density at radius 3 is 2.26 bits per heavy atom. The van der Waals surface area contributed by atoms with E-state index >= 15 is 0 Å². The van der Waals surface area contributed by atoms with E-state index in [0.717, 1.165) is 61.7 Å². The zero-order valence-electron chi connectivity index (χ0n) is 18.6. The van der Waals surface area contributed by atoms with Crippen LogP contribution in [0.4, 0.5) is 13.2 Å². The topological polar surface area (TPSA) is 95.0 Å². The van der Waals surface area contributed by atoms with E-state index in [1.807, 2.05) is 13.8 Å². The molecular weight excluding hydrogens is 411 g/mol. The SMILES string of the molecule is CCC(CC)c1n[nH]c2c1CN(Cc1nc(C)c(C)nc1C)CC2.O=C(O)C(F)(F)F. The van der Waals surface area contributed by atoms with Crippen LogP contribution in [0, 0.1) is 20.8 Å². The van der Waals surface area contributed by atoms with Crippen molar-refractivity contribution >= 4 is 5.97 Å². The summed E-state index contributed by atoms with van der Waals surface area (Å²) in [5.41, 5.74) is 8.26. The van der Waals surface area contributed by atoms with Gasteiger partial charge in [-0.05, 0) is 33.6 Å². The van der Waals surface area contributed by atoms with E-state index in [1.54, 1.807) is 0 Å². The summed E-state index contributed by atoms with van der Waals surface area (Å²) in [6.07, 6.45) is -1.75. The fourth-order valence-electron chi connectivity index (χ4n) is 3.64. The standard InChI is InChI=1S/C19H29N5.C2HF3O2/c1-6-15(7-2)19-16-10-24(9-8-17(16)22-23-19)11-18-14(5)20-12(3)13(4)21-18;3-2(4,5)1(6)7/h15H,6-11H2,1-5H3,(H,22,23);(H,6,7). The van der Waals surface area contributed by atoms with Crippen molar-refractivity contribution in [1.82, 2.24) is 25.1 Å². The molecule has 3 heterocycles. The van der Waals surface area contributed by atoms with Crippen LogP contribution in [0.3, 0.4) is 0 Å². The number of carboxylic acids is 1. The lowest BCUT2D eigenvalue weighted by Gasteiger charge is -2.28. The number of nitrogens with zero attached hydrogens (tertiary/aromatic N) is 4. The first-order chi connectivity index (χ1) is 14.5. The van der Waals surface area contributed by atoms with Gasteiger partial charge in [-0.1, -0.05) is 13.8 Å². The largest absolute Gasteiger partial charge is 0.490 e. The molecule has 0 fully saturated rings. The summed E-state index contributed by atoms with van der Waals surface area (Å²) in [4.78, 5) is 20.8. The molecule has 1 aliphatic heterocycles. The van der Waals surface area contributed by atoms with Crippen LogP contribution in [0.5, 0.6) is 0 Å². The van der Waals surface area contributed by atoms with Gasteiger partial charge in [-0.15, -0.1) is 0 Å². The summed E-state index contributed by atoms with van der Waals surface area (Å²) in [7, 11) is 0. The highest BCUT2D eigenvalue weighted by Gasteiger charge is 2.38. The highest BCUT2D eigenvalue weighted by molar-refractivity contribution is 5.73. The molecule has 0 amide bonds. The van der Waals surface area contributed by atoms with Gasteiger partial charge in [0.05, 0.1) is 28.5 Å². The predicted octanol–water partition coefficient (Wildman–Crippen LogP) is 4.22. The Kier molecular flexibility index (Phi) is 8.16. The average Bonchev–Trinajstić information content (AvgIpc) is 3.10. The van der Waals surface area contributed by atoms with E-state index < -0.39 is 12.1 Å². The average molecular weight is 441 g/mol. The highest BCUT2D eigenvalue weighted by Crippen LogP contribution is 2.30. The predicted molar refractivity (Wildman–Crippen MR) is 110 cm³/mol. The van der Waals surface area contributed by atoms with E-state index in [1.165, 1.54) is 17.0 Å². The number of aryl methyl sites for hydroxylation is 3. The molecular formula is C21H30F3N5O2. The number of alkyl halides is 3. The number of fused-ring (bicyclic) bond motifs is 1. The second kappa shape index (κ2) is 10.2. The normalized spacial score (nSPS) is 14.2. The Morgan fingerprint density at radius 2 is 1.71 bits per heavy atom. The molecule has 3 rings (SSSR count). The number of nitrogens with one attached hydrogen (secondary N) is 1. The number of aromatic nitrogens is 4. The Labute approximate surface area is 180 Å². The number of halogens is 3. The Hall–Kier alpha value is -2.49. The maximum atomic E-state index is 10.6. The Bertz CT molecular complexity index is 907. The smallest absolute Gasteiger partial charge is 0.475 e. The highest BCUT2D eigenvalue weighted by atomic mass is 19.4. The van der Waals surface area contributed by atoms with Crippen LogP contribution in [-0.4, -0.2) is 48.9 Å². The molecule has 0 saturated carbocycles. The lowest BCUT2D eigenvalue weighted by molar-refractivity contribution is -0.192. The number of hydrogen-bond acceptors (Lipinski definition) is 5. The second-order valence-electron chi connectivity index (χ2n) is 7.77. The van der Waals surface area contributed by atoms with E-state index in [0.29, 0.717) is 5.92 Å². The summed E-state index contributed by atoms with van der Waals surface area (Å²) >= 11 is 0. The molecule has 1 aliphatic rings. The first-order valence-corrected chi connectivity index (χ1v) is 10.4. The van der Waals surface area contributed by atoms with Gasteiger partial charge in [-0.25, -0.2) is 4.79 Å². The summed E-state index contributed by atoms with van der Waals surface area (Å²) in [6, 6.07) is 0. The van der Waals surface area contributed by atoms with Crippen LogP contribution in [0.15, 0.2) is 0 Å². The lowest BCUT2D eigenvalue weighted by Crippen LogP contribution is -2.31. The zero-order chi connectivity index (χ0) is 23.3. The number of carboxylic acid groups (broad SMARTS) is 1. The van der Waals surface area contributed by atoms with Crippen molar-refractivity contribution < 1.29 is 23.1 Å². The monoisotopic (exact) mass is 441 g/mol. The molecule has 7 nitrogen and oxygen atoms in total. The summed E-state index contributed by atoms with van der Waals surface area (Å²) < 4.78 is 31.7. The molecule has 2 aromatic rings. The number of H-pyrrole nitrogens is 1. The summed E-state index contributed by atoms with van der Waals surface area (Å²) in [5, 5.41) is 15.1. The fourth-order valence-corrected chi connectivity index (χ4v) is 3.64. The van der Waals surface area contributed by atoms with Crippen molar-refractivity contribution in [3.05, 3.63) is 39.7 Å². The third-order valence-electron chi connectivity index (χ3n) is 5.61. The summed E-state index contributed by atoms with van der Waals surface area (Å²) in [5.74, 6) is -2.19. The molecule has 0 unspecified atom stereocenters. The minimum absolute atomic E-state index is 0.563. The molecule has 10 heteroatoms. The molecule has 0 saturated heterocycles. The van der Waals surface area contributed by atoms with E-state index in [-0.39, 0.29) is 0 Å². The van der Waals surface area contributed by atoms with Gasteiger partial charge in [0.1, 0.15) is 0 Å². The third kappa shape index (κ3) is 6.25. The van der Waals surface area contributed by atoms with E-state index in [9.17, 15) is 13.2 Å². The van der Waals surface area contributed by atoms with Crippen molar-refractivity contribution in [2.24, 2.45) is 0 Å². The molecule has 0 bridgehead atoms.